The summed E-state index contributed by atoms with van der Waals surface area (Å²) in [6, 6.07) is 3.15. The molecule has 0 aliphatic carbocycles. The maximum absolute atomic E-state index is 13.1. The second-order valence-electron chi connectivity index (χ2n) is 6.94. The lowest BCUT2D eigenvalue weighted by molar-refractivity contribution is -0.141. The number of sulfone groups is 1. The number of esters is 1. The fourth-order valence-corrected chi connectivity index (χ4v) is 5.83. The highest BCUT2D eigenvalue weighted by molar-refractivity contribution is 7.92. The summed E-state index contributed by atoms with van der Waals surface area (Å²) in [7, 11) is -2.94. The molecule has 184 valence electrons. The number of nitrogens with zero attached hydrogens (tertiary/aromatic N) is 1. The van der Waals surface area contributed by atoms with Gasteiger partial charge in [-0.05, 0) is 18.2 Å². The van der Waals surface area contributed by atoms with Crippen LogP contribution in [0.15, 0.2) is 35.4 Å². The van der Waals surface area contributed by atoms with E-state index in [-0.39, 0.29) is 37.8 Å². The number of methoxy groups -OCH3 is 1. The number of ether oxygens (including phenoxy) is 1. The maximum Gasteiger partial charge on any atom is 0.433 e. The molecule has 0 atom stereocenters. The van der Waals surface area contributed by atoms with Crippen molar-refractivity contribution in [2.75, 3.05) is 18.2 Å². The van der Waals surface area contributed by atoms with Crippen LogP contribution in [-0.4, -0.2) is 32.2 Å². The largest absolute Gasteiger partial charge is 0.465 e. The number of thiophene rings is 1. The van der Waals surface area contributed by atoms with Gasteiger partial charge in [0, 0.05) is 28.4 Å². The summed E-state index contributed by atoms with van der Waals surface area (Å²) in [6.07, 6.45) is -8.67. The topological polar surface area (TPSA) is 85.4 Å². The molecule has 0 bridgehead atoms. The van der Waals surface area contributed by atoms with Crippen molar-refractivity contribution in [3.8, 4) is 0 Å². The number of anilines is 1. The van der Waals surface area contributed by atoms with Gasteiger partial charge in [0.25, 0.3) is 0 Å². The molecule has 0 fully saturated rings. The third kappa shape index (κ3) is 5.12. The van der Waals surface area contributed by atoms with Gasteiger partial charge < -0.3 is 10.1 Å². The molecule has 0 aliphatic heterocycles. The van der Waals surface area contributed by atoms with Gasteiger partial charge in [-0.1, -0.05) is 13.0 Å². The fraction of sp³-hybridized carbons (Fsp3) is 0.300. The first-order valence-electron chi connectivity index (χ1n) is 9.43. The molecule has 3 aromatic rings. The molecule has 1 aromatic carbocycles. The molecule has 0 unspecified atom stereocenters. The monoisotopic (exact) mass is 526 g/mol. The molecule has 14 heteroatoms. The second-order valence-corrected chi connectivity index (χ2v) is 10.2. The smallest absolute Gasteiger partial charge is 0.433 e. The Bertz CT molecular complexity index is 1350. The Morgan fingerprint density at radius 3 is 2.35 bits per heavy atom. The van der Waals surface area contributed by atoms with Crippen molar-refractivity contribution in [2.45, 2.75) is 30.7 Å². The van der Waals surface area contributed by atoms with E-state index in [9.17, 15) is 39.6 Å². The van der Waals surface area contributed by atoms with Gasteiger partial charge in [-0.15, -0.1) is 11.3 Å². The van der Waals surface area contributed by atoms with E-state index in [1.807, 2.05) is 0 Å². The lowest BCUT2D eigenvalue weighted by Gasteiger charge is -2.13. The van der Waals surface area contributed by atoms with Gasteiger partial charge in [0.15, 0.2) is 9.84 Å². The molecule has 34 heavy (non-hydrogen) atoms. The van der Waals surface area contributed by atoms with Gasteiger partial charge in [0.05, 0.1) is 24.0 Å². The summed E-state index contributed by atoms with van der Waals surface area (Å²) in [5.41, 5.74) is -2.77. The number of carbonyl (C=O) groups excluding carboxylic acids is 1. The number of hydrogen-bond donors (Lipinski definition) is 1. The number of pyridine rings is 1. The van der Waals surface area contributed by atoms with Crippen molar-refractivity contribution < 1.29 is 44.3 Å². The third-order valence-electron chi connectivity index (χ3n) is 4.78. The van der Waals surface area contributed by atoms with E-state index in [1.54, 1.807) is 0 Å². The van der Waals surface area contributed by atoms with Crippen molar-refractivity contribution in [1.82, 2.24) is 4.98 Å². The van der Waals surface area contributed by atoms with E-state index < -0.39 is 45.0 Å². The predicted molar refractivity (Wildman–Crippen MR) is 112 cm³/mol. The Kier molecular flexibility index (Phi) is 6.86. The molecule has 0 saturated heterocycles. The van der Waals surface area contributed by atoms with Gasteiger partial charge in [-0.2, -0.15) is 26.3 Å². The van der Waals surface area contributed by atoms with E-state index >= 15 is 0 Å². The predicted octanol–water partition coefficient (Wildman–Crippen LogP) is 5.53. The van der Waals surface area contributed by atoms with Crippen LogP contribution >= 0.6 is 11.3 Å². The molecule has 0 spiro atoms. The quantitative estimate of drug-likeness (QED) is 0.336. The number of halogens is 6. The van der Waals surface area contributed by atoms with Crippen LogP contribution in [0.4, 0.5) is 31.3 Å². The van der Waals surface area contributed by atoms with Crippen LogP contribution in [0.1, 0.15) is 34.1 Å². The first kappa shape index (κ1) is 25.7. The zero-order chi connectivity index (χ0) is 25.5. The Labute approximate surface area is 193 Å². The molecule has 6 nitrogen and oxygen atoms in total. The summed E-state index contributed by atoms with van der Waals surface area (Å²) < 4.78 is 108. The van der Waals surface area contributed by atoms with Crippen molar-refractivity contribution in [3.63, 3.8) is 0 Å². The minimum absolute atomic E-state index is 0.0214. The number of aromatic nitrogens is 1. The molecule has 0 aliphatic rings. The first-order valence-corrected chi connectivity index (χ1v) is 11.9. The van der Waals surface area contributed by atoms with Crippen LogP contribution in [-0.2, 0) is 33.5 Å². The van der Waals surface area contributed by atoms with Crippen LogP contribution in [0.3, 0.4) is 0 Å². The fourth-order valence-electron chi connectivity index (χ4n) is 3.07. The van der Waals surface area contributed by atoms with Gasteiger partial charge in [-0.3, -0.25) is 4.98 Å². The number of carbonyl (C=O) groups is 1. The summed E-state index contributed by atoms with van der Waals surface area (Å²) in [6.45, 7) is 1.02. The number of hydrogen-bond acceptors (Lipinski definition) is 7. The average Bonchev–Trinajstić information content (AvgIpc) is 3.14. The Balaban J connectivity index is 2.08. The molecule has 2 heterocycles. The van der Waals surface area contributed by atoms with Gasteiger partial charge in [0.2, 0.25) is 0 Å². The maximum atomic E-state index is 13.1. The Morgan fingerprint density at radius 2 is 1.79 bits per heavy atom. The standard InChI is InChI=1S/C20H16F6N2O4S2/c1-3-34(30,31)16-12-5-4-11(19(21,22)23)6-14(12)33-17(16)28-9-10-8-27-15(20(24,25)26)7-13(10)18(29)32-2/h4-8,28H,3,9H2,1-2H3. The number of alkyl halides is 6. The number of benzene rings is 1. The van der Waals surface area contributed by atoms with Crippen LogP contribution in [0.2, 0.25) is 0 Å². The van der Waals surface area contributed by atoms with Gasteiger partial charge in [-0.25, -0.2) is 13.2 Å². The van der Waals surface area contributed by atoms with E-state index in [4.69, 9.17) is 0 Å². The summed E-state index contributed by atoms with van der Waals surface area (Å²) in [5, 5.41) is 2.77. The minimum Gasteiger partial charge on any atom is -0.465 e. The Morgan fingerprint density at radius 1 is 1.12 bits per heavy atom. The van der Waals surface area contributed by atoms with Crippen molar-refractivity contribution >= 4 is 42.2 Å². The van der Waals surface area contributed by atoms with E-state index in [1.165, 1.54) is 6.92 Å². The first-order chi connectivity index (χ1) is 15.7. The molecule has 3 rings (SSSR count). The minimum atomic E-state index is -4.82. The van der Waals surface area contributed by atoms with Gasteiger partial charge in [0.1, 0.15) is 15.6 Å². The zero-order valence-electron chi connectivity index (χ0n) is 17.5. The van der Waals surface area contributed by atoms with Crippen LogP contribution < -0.4 is 5.32 Å². The van der Waals surface area contributed by atoms with Crippen LogP contribution in [0.25, 0.3) is 10.1 Å². The van der Waals surface area contributed by atoms with Crippen molar-refractivity contribution in [2.24, 2.45) is 0 Å². The summed E-state index contributed by atoms with van der Waals surface area (Å²) >= 11 is 0.736. The number of rotatable bonds is 6. The molecular formula is C20H16F6N2O4S2. The van der Waals surface area contributed by atoms with Crippen molar-refractivity contribution in [3.05, 3.63) is 52.8 Å². The average molecular weight is 526 g/mol. The number of nitrogens with one attached hydrogen (secondary N) is 1. The highest BCUT2D eigenvalue weighted by Crippen LogP contribution is 2.42. The van der Waals surface area contributed by atoms with E-state index in [0.29, 0.717) is 6.07 Å². The normalized spacial score (nSPS) is 12.7. The van der Waals surface area contributed by atoms with Crippen LogP contribution in [0.5, 0.6) is 0 Å². The third-order valence-corrected chi connectivity index (χ3v) is 7.83. The van der Waals surface area contributed by atoms with Crippen LogP contribution in [0, 0.1) is 0 Å². The molecular weight excluding hydrogens is 510 g/mol. The summed E-state index contributed by atoms with van der Waals surface area (Å²) in [4.78, 5) is 15.1. The highest BCUT2D eigenvalue weighted by atomic mass is 32.2. The molecule has 0 saturated carbocycles. The highest BCUT2D eigenvalue weighted by Gasteiger charge is 2.34. The zero-order valence-corrected chi connectivity index (χ0v) is 19.1. The van der Waals surface area contributed by atoms with E-state index in [2.05, 4.69) is 15.0 Å². The lowest BCUT2D eigenvalue weighted by atomic mass is 10.1. The molecule has 1 N–H and O–H groups in total. The SMILES string of the molecule is CCS(=O)(=O)c1c(NCc2cnc(C(F)(F)F)cc2C(=O)OC)sc2cc(C(F)(F)F)ccc12. The van der Waals surface area contributed by atoms with Gasteiger partial charge >= 0.3 is 18.3 Å². The Hall–Kier alpha value is -2.87. The summed E-state index contributed by atoms with van der Waals surface area (Å²) in [5.74, 6) is -1.42. The molecule has 2 aromatic heterocycles. The lowest BCUT2D eigenvalue weighted by Crippen LogP contribution is -2.15. The second kappa shape index (κ2) is 9.06. The number of fused-ring (bicyclic) bond motifs is 1. The van der Waals surface area contributed by atoms with E-state index in [0.717, 1.165) is 42.8 Å². The van der Waals surface area contributed by atoms with Crippen molar-refractivity contribution in [1.29, 1.82) is 0 Å². The molecule has 0 amide bonds. The molecule has 0 radical (unpaired) electrons.